The number of benzene rings is 1. The molecular weight excluding hydrogens is 304 g/mol. The number of nitrogens with zero attached hydrogens (tertiary/aromatic N) is 2. The van der Waals surface area contributed by atoms with Gasteiger partial charge in [0.15, 0.2) is 11.6 Å². The number of hydrogen-bond acceptors (Lipinski definition) is 3. The second-order valence-electron chi connectivity index (χ2n) is 5.91. The zero-order chi connectivity index (χ0) is 17.0. The van der Waals surface area contributed by atoms with Crippen LogP contribution in [0.4, 0.5) is 25.0 Å². The summed E-state index contributed by atoms with van der Waals surface area (Å²) in [5, 5.41) is 11.5. The fraction of sp³-hybridized carbons (Fsp3) is 0.562. The molecule has 2 N–H and O–H groups in total. The number of urea groups is 1. The number of aliphatic hydroxyl groups excluding tert-OH is 1. The molecule has 5 nitrogen and oxygen atoms in total. The van der Waals surface area contributed by atoms with Gasteiger partial charge in [-0.2, -0.15) is 0 Å². The lowest BCUT2D eigenvalue weighted by atomic mass is 10.1. The molecule has 0 radical (unpaired) electrons. The zero-order valence-electron chi connectivity index (χ0n) is 13.5. The van der Waals surface area contributed by atoms with E-state index in [0.717, 1.165) is 31.4 Å². The number of anilines is 2. The van der Waals surface area contributed by atoms with Crippen molar-refractivity contribution in [3.05, 3.63) is 23.8 Å². The highest BCUT2D eigenvalue weighted by Crippen LogP contribution is 2.29. The molecule has 1 unspecified atom stereocenters. The Kier molecular flexibility index (Phi) is 5.76. The molecule has 0 aromatic heterocycles. The molecule has 1 aliphatic heterocycles. The van der Waals surface area contributed by atoms with Crippen LogP contribution >= 0.6 is 0 Å². The first kappa shape index (κ1) is 17.5. The number of aliphatic hydroxyl groups is 1. The number of nitrogens with one attached hydrogen (secondary N) is 1. The maximum atomic E-state index is 14.3. The third kappa shape index (κ3) is 4.10. The van der Waals surface area contributed by atoms with Crippen LogP contribution in [0.5, 0.6) is 0 Å². The van der Waals surface area contributed by atoms with Crippen LogP contribution in [-0.4, -0.2) is 48.8 Å². The van der Waals surface area contributed by atoms with Gasteiger partial charge in [-0.15, -0.1) is 0 Å². The van der Waals surface area contributed by atoms with E-state index >= 15 is 0 Å². The van der Waals surface area contributed by atoms with E-state index in [9.17, 15) is 13.6 Å². The lowest BCUT2D eigenvalue weighted by molar-refractivity contribution is 0.166. The van der Waals surface area contributed by atoms with Gasteiger partial charge in [0, 0.05) is 25.8 Å². The van der Waals surface area contributed by atoms with Crippen molar-refractivity contribution in [2.24, 2.45) is 0 Å². The lowest BCUT2D eigenvalue weighted by Crippen LogP contribution is -2.40. The molecular formula is C16H23F2N3O2. The Morgan fingerprint density at radius 2 is 1.87 bits per heavy atom. The normalized spacial score (nSPS) is 16.1. The van der Waals surface area contributed by atoms with Gasteiger partial charge in [0.25, 0.3) is 0 Å². The third-order valence-corrected chi connectivity index (χ3v) is 4.19. The minimum Gasteiger partial charge on any atom is -0.394 e. The fourth-order valence-corrected chi connectivity index (χ4v) is 2.59. The summed E-state index contributed by atoms with van der Waals surface area (Å²) in [6.45, 7) is 2.74. The smallest absolute Gasteiger partial charge is 0.321 e. The SMILES string of the molecule is CC(CO)N(C)C(=O)Nc1cc(F)c(N2CCCCC2)c(F)c1. The van der Waals surface area contributed by atoms with Gasteiger partial charge in [0.05, 0.1) is 12.6 Å². The quantitative estimate of drug-likeness (QED) is 0.894. The van der Waals surface area contributed by atoms with Crippen molar-refractivity contribution in [3.63, 3.8) is 0 Å². The number of carbonyl (C=O) groups is 1. The Morgan fingerprint density at radius 3 is 2.39 bits per heavy atom. The summed E-state index contributed by atoms with van der Waals surface area (Å²) in [5.74, 6) is -1.36. The van der Waals surface area contributed by atoms with Crippen molar-refractivity contribution < 1.29 is 18.7 Å². The molecule has 2 amide bonds. The Labute approximate surface area is 134 Å². The molecule has 1 aromatic carbocycles. The van der Waals surface area contributed by atoms with Gasteiger partial charge in [0.2, 0.25) is 0 Å². The summed E-state index contributed by atoms with van der Waals surface area (Å²) in [6.07, 6.45) is 2.91. The van der Waals surface area contributed by atoms with E-state index in [-0.39, 0.29) is 18.0 Å². The first-order valence-electron chi connectivity index (χ1n) is 7.82. The standard InChI is InChI=1S/C16H23F2N3O2/c1-11(10-22)20(2)16(23)19-12-8-13(17)15(14(18)9-12)21-6-4-3-5-7-21/h8-9,11,22H,3-7,10H2,1-2H3,(H,19,23). The molecule has 2 rings (SSSR count). The van der Waals surface area contributed by atoms with Gasteiger partial charge in [-0.25, -0.2) is 13.6 Å². The number of rotatable bonds is 4. The Hall–Kier alpha value is -1.89. The number of carbonyl (C=O) groups excluding carboxylic acids is 1. The van der Waals surface area contributed by atoms with E-state index < -0.39 is 23.7 Å². The van der Waals surface area contributed by atoms with Gasteiger partial charge in [0.1, 0.15) is 5.69 Å². The maximum Gasteiger partial charge on any atom is 0.321 e. The van der Waals surface area contributed by atoms with Crippen LogP contribution in [0.1, 0.15) is 26.2 Å². The molecule has 1 saturated heterocycles. The van der Waals surface area contributed by atoms with E-state index in [2.05, 4.69) is 5.32 Å². The van der Waals surface area contributed by atoms with Gasteiger partial charge < -0.3 is 20.2 Å². The second-order valence-corrected chi connectivity index (χ2v) is 5.91. The Bertz CT molecular complexity index is 539. The molecule has 1 heterocycles. The molecule has 128 valence electrons. The van der Waals surface area contributed by atoms with Gasteiger partial charge in [-0.05, 0) is 38.3 Å². The highest BCUT2D eigenvalue weighted by Gasteiger charge is 2.21. The van der Waals surface area contributed by atoms with E-state index in [1.807, 2.05) is 0 Å². The first-order valence-corrected chi connectivity index (χ1v) is 7.82. The number of hydrogen-bond donors (Lipinski definition) is 2. The number of amides is 2. The molecule has 23 heavy (non-hydrogen) atoms. The fourth-order valence-electron chi connectivity index (χ4n) is 2.59. The number of halogens is 2. The minimum atomic E-state index is -0.681. The molecule has 1 fully saturated rings. The predicted octanol–water partition coefficient (Wildman–Crippen LogP) is 2.80. The maximum absolute atomic E-state index is 14.3. The average molecular weight is 327 g/mol. The third-order valence-electron chi connectivity index (χ3n) is 4.19. The van der Waals surface area contributed by atoms with E-state index in [0.29, 0.717) is 13.1 Å². The molecule has 0 spiro atoms. The van der Waals surface area contributed by atoms with Crippen LogP contribution in [-0.2, 0) is 0 Å². The molecule has 1 atom stereocenters. The first-order chi connectivity index (χ1) is 10.9. The highest BCUT2D eigenvalue weighted by molar-refractivity contribution is 5.89. The lowest BCUT2D eigenvalue weighted by Gasteiger charge is -2.29. The predicted molar refractivity (Wildman–Crippen MR) is 85.8 cm³/mol. The highest BCUT2D eigenvalue weighted by atomic mass is 19.1. The van der Waals surface area contributed by atoms with Gasteiger partial charge >= 0.3 is 6.03 Å². The summed E-state index contributed by atoms with van der Waals surface area (Å²) in [4.78, 5) is 15.0. The van der Waals surface area contributed by atoms with E-state index in [4.69, 9.17) is 5.11 Å². The largest absolute Gasteiger partial charge is 0.394 e. The van der Waals surface area contributed by atoms with Crippen molar-refractivity contribution in [2.45, 2.75) is 32.2 Å². The second kappa shape index (κ2) is 7.59. The van der Waals surface area contributed by atoms with Gasteiger partial charge in [-0.1, -0.05) is 0 Å². The van der Waals surface area contributed by atoms with Crippen LogP contribution in [0.3, 0.4) is 0 Å². The molecule has 7 heteroatoms. The van der Waals surface area contributed by atoms with Crippen LogP contribution < -0.4 is 10.2 Å². The topological polar surface area (TPSA) is 55.8 Å². The van der Waals surface area contributed by atoms with Crippen LogP contribution in [0.15, 0.2) is 12.1 Å². The zero-order valence-corrected chi connectivity index (χ0v) is 13.5. The summed E-state index contributed by atoms with van der Waals surface area (Å²) in [6, 6.07) is 1.33. The van der Waals surface area contributed by atoms with Crippen molar-refractivity contribution in [2.75, 3.05) is 37.0 Å². The van der Waals surface area contributed by atoms with Crippen molar-refractivity contribution in [1.29, 1.82) is 0 Å². The van der Waals surface area contributed by atoms with Crippen molar-refractivity contribution >= 4 is 17.4 Å². The molecule has 0 saturated carbocycles. The van der Waals surface area contributed by atoms with Crippen molar-refractivity contribution in [3.8, 4) is 0 Å². The van der Waals surface area contributed by atoms with Gasteiger partial charge in [-0.3, -0.25) is 0 Å². The van der Waals surface area contributed by atoms with E-state index in [1.165, 1.54) is 11.9 Å². The Balaban J connectivity index is 2.14. The van der Waals surface area contributed by atoms with Crippen molar-refractivity contribution in [1.82, 2.24) is 4.90 Å². The summed E-state index contributed by atoms with van der Waals surface area (Å²) >= 11 is 0. The Morgan fingerprint density at radius 1 is 1.30 bits per heavy atom. The minimum absolute atomic E-state index is 0.0280. The summed E-state index contributed by atoms with van der Waals surface area (Å²) < 4.78 is 28.6. The monoisotopic (exact) mass is 327 g/mol. The molecule has 1 aromatic rings. The average Bonchev–Trinajstić information content (AvgIpc) is 2.53. The molecule has 0 bridgehead atoms. The summed E-state index contributed by atoms with van der Waals surface area (Å²) in [5.41, 5.74) is 0.0301. The van der Waals surface area contributed by atoms with Crippen LogP contribution in [0.2, 0.25) is 0 Å². The summed E-state index contributed by atoms with van der Waals surface area (Å²) in [7, 11) is 1.50. The molecule has 1 aliphatic rings. The number of likely N-dealkylation sites (N-methyl/N-ethyl adjacent to an activating group) is 1. The molecule has 0 aliphatic carbocycles. The van der Waals surface area contributed by atoms with Crippen LogP contribution in [0, 0.1) is 11.6 Å². The van der Waals surface area contributed by atoms with E-state index in [1.54, 1.807) is 11.8 Å². The number of piperidine rings is 1. The van der Waals surface area contributed by atoms with Crippen LogP contribution in [0.25, 0.3) is 0 Å².